The summed E-state index contributed by atoms with van der Waals surface area (Å²) < 4.78 is 27.2. The van der Waals surface area contributed by atoms with Crippen LogP contribution in [-0.2, 0) is 25.4 Å². The molecular formula is C21H34N2O5. The van der Waals surface area contributed by atoms with E-state index in [1.165, 1.54) is 10.9 Å². The molecule has 0 radical (unpaired) electrons. The van der Waals surface area contributed by atoms with E-state index in [1.807, 2.05) is 12.1 Å². The van der Waals surface area contributed by atoms with E-state index in [2.05, 4.69) is 36.2 Å². The van der Waals surface area contributed by atoms with E-state index < -0.39 is 0 Å². The van der Waals surface area contributed by atoms with Gasteiger partial charge >= 0.3 is 0 Å². The zero-order valence-electron chi connectivity index (χ0n) is 17.4. The third-order valence-corrected chi connectivity index (χ3v) is 4.24. The van der Waals surface area contributed by atoms with Crippen molar-refractivity contribution in [3.63, 3.8) is 0 Å². The van der Waals surface area contributed by atoms with Gasteiger partial charge in [-0.15, -0.1) is 0 Å². The number of benzene rings is 1. The van der Waals surface area contributed by atoms with Crippen molar-refractivity contribution in [1.82, 2.24) is 9.88 Å². The molecule has 1 N–H and O–H groups in total. The molecular weight excluding hydrogens is 360 g/mol. The second-order valence-corrected chi connectivity index (χ2v) is 6.72. The van der Waals surface area contributed by atoms with Gasteiger partial charge in [-0.2, -0.15) is 0 Å². The van der Waals surface area contributed by atoms with E-state index in [0.29, 0.717) is 52.9 Å². The summed E-state index contributed by atoms with van der Waals surface area (Å²) in [7, 11) is 5.83. The van der Waals surface area contributed by atoms with Crippen LogP contribution in [0.1, 0.15) is 5.56 Å². The molecule has 0 bridgehead atoms. The van der Waals surface area contributed by atoms with Crippen LogP contribution in [0.3, 0.4) is 0 Å². The molecule has 7 nitrogen and oxygen atoms in total. The lowest BCUT2D eigenvalue weighted by Crippen LogP contribution is -2.15. The largest absolute Gasteiger partial charge is 0.490 e. The van der Waals surface area contributed by atoms with Crippen molar-refractivity contribution in [2.75, 3.05) is 80.6 Å². The Morgan fingerprint density at radius 2 is 1.50 bits per heavy atom. The molecule has 0 unspecified atom stereocenters. The van der Waals surface area contributed by atoms with Crippen LogP contribution in [0.4, 0.5) is 0 Å². The molecule has 7 heteroatoms. The number of ether oxygens (including phenoxy) is 5. The Balaban J connectivity index is 1.62. The molecule has 0 aliphatic rings. The minimum Gasteiger partial charge on any atom is -0.490 e. The third-order valence-electron chi connectivity index (χ3n) is 4.24. The minimum atomic E-state index is 0.511. The maximum absolute atomic E-state index is 5.98. The average Bonchev–Trinajstić information content (AvgIpc) is 3.11. The van der Waals surface area contributed by atoms with Crippen molar-refractivity contribution in [2.24, 2.45) is 0 Å². The second kappa shape index (κ2) is 13.5. The molecule has 2 rings (SSSR count). The van der Waals surface area contributed by atoms with Gasteiger partial charge in [0.1, 0.15) is 12.4 Å². The highest BCUT2D eigenvalue weighted by molar-refractivity contribution is 5.89. The van der Waals surface area contributed by atoms with Gasteiger partial charge < -0.3 is 33.6 Å². The lowest BCUT2D eigenvalue weighted by Gasteiger charge is -2.11. The predicted molar refractivity (Wildman–Crippen MR) is 110 cm³/mol. The first kappa shape index (κ1) is 22.6. The molecule has 2 aromatic rings. The van der Waals surface area contributed by atoms with Crippen molar-refractivity contribution in [2.45, 2.75) is 6.42 Å². The minimum absolute atomic E-state index is 0.511. The molecule has 0 saturated heterocycles. The Morgan fingerprint density at radius 1 is 0.857 bits per heavy atom. The van der Waals surface area contributed by atoms with Crippen LogP contribution >= 0.6 is 0 Å². The van der Waals surface area contributed by atoms with E-state index >= 15 is 0 Å². The highest BCUT2D eigenvalue weighted by Gasteiger charge is 2.10. The summed E-state index contributed by atoms with van der Waals surface area (Å²) in [5, 5.41) is 1.17. The molecule has 0 aliphatic heterocycles. The van der Waals surface area contributed by atoms with Crippen molar-refractivity contribution >= 4 is 10.9 Å². The summed E-state index contributed by atoms with van der Waals surface area (Å²) in [6.07, 6.45) is 3.06. The third kappa shape index (κ3) is 8.16. The molecule has 28 heavy (non-hydrogen) atoms. The van der Waals surface area contributed by atoms with Crippen LogP contribution in [0.15, 0.2) is 24.4 Å². The Kier molecular flexibility index (Phi) is 10.9. The summed E-state index contributed by atoms with van der Waals surface area (Å²) in [5.74, 6) is 0.903. The zero-order valence-corrected chi connectivity index (χ0v) is 17.4. The van der Waals surface area contributed by atoms with Crippen LogP contribution in [-0.4, -0.2) is 90.5 Å². The monoisotopic (exact) mass is 394 g/mol. The van der Waals surface area contributed by atoms with E-state index in [9.17, 15) is 0 Å². The summed E-state index contributed by atoms with van der Waals surface area (Å²) in [6, 6.07) is 6.10. The van der Waals surface area contributed by atoms with Crippen LogP contribution in [0, 0.1) is 0 Å². The SMILES string of the molecule is COCCOCCOCCOCCOc1cccc2[nH]cc(CCN(C)C)c12. The smallest absolute Gasteiger partial charge is 0.129 e. The summed E-state index contributed by atoms with van der Waals surface area (Å²) in [5.41, 5.74) is 2.38. The van der Waals surface area contributed by atoms with Gasteiger partial charge in [0.2, 0.25) is 0 Å². The van der Waals surface area contributed by atoms with Crippen LogP contribution in [0.5, 0.6) is 5.75 Å². The first-order valence-electron chi connectivity index (χ1n) is 9.81. The average molecular weight is 395 g/mol. The summed E-state index contributed by atoms with van der Waals surface area (Å²) in [4.78, 5) is 5.52. The number of methoxy groups -OCH3 is 1. The number of hydrogen-bond donors (Lipinski definition) is 1. The van der Waals surface area contributed by atoms with Gasteiger partial charge in [-0.1, -0.05) is 6.07 Å². The van der Waals surface area contributed by atoms with E-state index in [4.69, 9.17) is 23.7 Å². The molecule has 1 heterocycles. The molecule has 0 atom stereocenters. The number of fused-ring (bicyclic) bond motifs is 1. The first-order chi connectivity index (χ1) is 13.7. The number of likely N-dealkylation sites (N-methyl/N-ethyl adjacent to an activating group) is 1. The fourth-order valence-corrected chi connectivity index (χ4v) is 2.78. The van der Waals surface area contributed by atoms with Crippen molar-refractivity contribution < 1.29 is 23.7 Å². The molecule has 158 valence electrons. The van der Waals surface area contributed by atoms with Gasteiger partial charge in [0.15, 0.2) is 0 Å². The van der Waals surface area contributed by atoms with Gasteiger partial charge in [0, 0.05) is 30.8 Å². The van der Waals surface area contributed by atoms with Crippen molar-refractivity contribution in [1.29, 1.82) is 0 Å². The number of hydrogen-bond acceptors (Lipinski definition) is 6. The van der Waals surface area contributed by atoms with Gasteiger partial charge in [-0.3, -0.25) is 0 Å². The van der Waals surface area contributed by atoms with Crippen LogP contribution < -0.4 is 4.74 Å². The number of nitrogens with one attached hydrogen (secondary N) is 1. The Hall–Kier alpha value is -1.64. The van der Waals surface area contributed by atoms with Crippen molar-refractivity contribution in [3.05, 3.63) is 30.0 Å². The predicted octanol–water partition coefficient (Wildman–Crippen LogP) is 2.35. The molecule has 1 aromatic carbocycles. The lowest BCUT2D eigenvalue weighted by atomic mass is 10.1. The molecule has 0 amide bonds. The highest BCUT2D eigenvalue weighted by Crippen LogP contribution is 2.29. The number of nitrogens with zero attached hydrogens (tertiary/aromatic N) is 1. The Bertz CT molecular complexity index is 659. The van der Waals surface area contributed by atoms with Gasteiger partial charge in [-0.05, 0) is 38.2 Å². The first-order valence-corrected chi connectivity index (χ1v) is 9.81. The molecule has 0 aliphatic carbocycles. The molecule has 0 saturated carbocycles. The van der Waals surface area contributed by atoms with Gasteiger partial charge in [0.25, 0.3) is 0 Å². The van der Waals surface area contributed by atoms with Crippen molar-refractivity contribution in [3.8, 4) is 5.75 Å². The maximum atomic E-state index is 5.98. The number of rotatable bonds is 16. The molecule has 0 spiro atoms. The van der Waals surface area contributed by atoms with Crippen LogP contribution in [0.25, 0.3) is 10.9 Å². The zero-order chi connectivity index (χ0) is 20.0. The van der Waals surface area contributed by atoms with E-state index in [0.717, 1.165) is 24.2 Å². The number of H-pyrrole nitrogens is 1. The summed E-state index contributed by atoms with van der Waals surface area (Å²) in [6.45, 7) is 5.48. The second-order valence-electron chi connectivity index (χ2n) is 6.72. The fraction of sp³-hybridized carbons (Fsp3) is 0.619. The molecule has 1 aromatic heterocycles. The number of aromatic amines is 1. The Labute approximate surface area is 167 Å². The standard InChI is InChI=1S/C21H34N2O5/c1-23(2)8-7-18-17-22-19-5-4-6-20(21(18)19)28-16-15-27-14-13-26-12-11-25-10-9-24-3/h4-6,17,22H,7-16H2,1-3H3. The normalized spacial score (nSPS) is 11.6. The van der Waals surface area contributed by atoms with Gasteiger partial charge in [-0.25, -0.2) is 0 Å². The topological polar surface area (TPSA) is 65.2 Å². The van der Waals surface area contributed by atoms with Crippen LogP contribution in [0.2, 0.25) is 0 Å². The summed E-state index contributed by atoms with van der Waals surface area (Å²) >= 11 is 0. The van der Waals surface area contributed by atoms with Gasteiger partial charge in [0.05, 0.1) is 46.2 Å². The van der Waals surface area contributed by atoms with E-state index in [-0.39, 0.29) is 0 Å². The Morgan fingerprint density at radius 3 is 2.14 bits per heavy atom. The number of aromatic nitrogens is 1. The maximum Gasteiger partial charge on any atom is 0.129 e. The highest BCUT2D eigenvalue weighted by atomic mass is 16.6. The van der Waals surface area contributed by atoms with E-state index in [1.54, 1.807) is 7.11 Å². The lowest BCUT2D eigenvalue weighted by molar-refractivity contribution is 0.000216. The quantitative estimate of drug-likeness (QED) is 0.441. The fourth-order valence-electron chi connectivity index (χ4n) is 2.78. The molecule has 0 fully saturated rings.